The van der Waals surface area contributed by atoms with Gasteiger partial charge in [-0.2, -0.15) is 10.2 Å². The van der Waals surface area contributed by atoms with Crippen LogP contribution in [0.3, 0.4) is 0 Å². The highest BCUT2D eigenvalue weighted by atomic mass is 15.3. The lowest BCUT2D eigenvalue weighted by atomic mass is 9.72. The first kappa shape index (κ1) is 27.8. The van der Waals surface area contributed by atoms with Crippen LogP contribution in [-0.4, -0.2) is 65.5 Å². The largest absolute Gasteiger partial charge is 0.383 e. The Morgan fingerprint density at radius 2 is 1.63 bits per heavy atom. The molecule has 11 heteroatoms. The molecule has 0 bridgehead atoms. The van der Waals surface area contributed by atoms with E-state index in [2.05, 4.69) is 70.7 Å². The van der Waals surface area contributed by atoms with Crippen LogP contribution in [0, 0.1) is 16.7 Å². The Morgan fingerprint density at radius 1 is 0.826 bits per heavy atom. The summed E-state index contributed by atoms with van der Waals surface area (Å²) in [4.78, 5) is 31.5. The van der Waals surface area contributed by atoms with Crippen molar-refractivity contribution in [2.24, 2.45) is 5.41 Å². The van der Waals surface area contributed by atoms with Crippen molar-refractivity contribution in [3.8, 4) is 34.4 Å². The van der Waals surface area contributed by atoms with E-state index in [0.717, 1.165) is 79.2 Å². The van der Waals surface area contributed by atoms with Crippen molar-refractivity contribution in [3.63, 3.8) is 0 Å². The van der Waals surface area contributed by atoms with E-state index in [1.807, 2.05) is 48.5 Å². The summed E-state index contributed by atoms with van der Waals surface area (Å²) in [5.41, 5.74) is 13.1. The number of nitriles is 1. The predicted molar refractivity (Wildman–Crippen MR) is 176 cm³/mol. The maximum Gasteiger partial charge on any atom is 0.236 e. The molecule has 6 heterocycles. The predicted octanol–water partition coefficient (Wildman–Crippen LogP) is 4.89. The second-order valence-corrected chi connectivity index (χ2v) is 12.1. The van der Waals surface area contributed by atoms with E-state index < -0.39 is 0 Å². The number of piperidine rings is 1. The van der Waals surface area contributed by atoms with Gasteiger partial charge in [0, 0.05) is 42.5 Å². The highest BCUT2D eigenvalue weighted by Crippen LogP contribution is 2.42. The zero-order chi connectivity index (χ0) is 31.1. The maximum atomic E-state index is 9.11. The van der Waals surface area contributed by atoms with Crippen LogP contribution in [0.1, 0.15) is 24.2 Å². The quantitative estimate of drug-likeness (QED) is 0.279. The summed E-state index contributed by atoms with van der Waals surface area (Å²) in [7, 11) is 0. The number of hydrogen-bond donors (Lipinski definition) is 1. The van der Waals surface area contributed by atoms with Gasteiger partial charge < -0.3 is 10.6 Å². The summed E-state index contributed by atoms with van der Waals surface area (Å²) < 4.78 is 2.08. The molecule has 8 rings (SSSR count). The molecule has 2 aromatic carbocycles. The molecule has 0 atom stereocenters. The highest BCUT2D eigenvalue weighted by Gasteiger charge is 2.45. The van der Waals surface area contributed by atoms with Crippen molar-refractivity contribution in [2.75, 3.05) is 36.8 Å². The van der Waals surface area contributed by atoms with Gasteiger partial charge in [-0.25, -0.2) is 24.9 Å². The minimum absolute atomic E-state index is 0.165. The minimum Gasteiger partial charge on any atom is -0.383 e. The van der Waals surface area contributed by atoms with Gasteiger partial charge in [-0.05, 0) is 67.9 Å². The monoisotopic (exact) mass is 605 g/mol. The number of anilines is 2. The van der Waals surface area contributed by atoms with Gasteiger partial charge in [0.1, 0.15) is 23.7 Å². The normalized spacial score (nSPS) is 15.9. The van der Waals surface area contributed by atoms with Gasteiger partial charge in [0.25, 0.3) is 0 Å². The molecule has 226 valence electrons. The number of pyridine rings is 2. The number of benzene rings is 2. The second-order valence-electron chi connectivity index (χ2n) is 12.1. The number of fused-ring (bicyclic) bond motifs is 1. The first-order valence-corrected chi connectivity index (χ1v) is 15.4. The van der Waals surface area contributed by atoms with Crippen LogP contribution >= 0.6 is 0 Å². The molecule has 2 aliphatic heterocycles. The third-order valence-electron chi connectivity index (χ3n) is 9.17. The number of imidazole rings is 1. The Bertz CT molecular complexity index is 2070. The third kappa shape index (κ3) is 5.08. The number of nitrogens with zero attached hydrogens (tertiary/aromatic N) is 10. The number of aromatic nitrogens is 7. The topological polar surface area (TPSA) is 139 Å². The molecule has 2 fully saturated rings. The summed E-state index contributed by atoms with van der Waals surface area (Å²) >= 11 is 0. The summed E-state index contributed by atoms with van der Waals surface area (Å²) in [6.45, 7) is 4.82. The average molecular weight is 606 g/mol. The molecule has 2 aliphatic rings. The van der Waals surface area contributed by atoms with Gasteiger partial charge in [-0.3, -0.25) is 9.47 Å². The Hall–Kier alpha value is -5.73. The number of nitrogen functional groups attached to an aromatic ring is 1. The van der Waals surface area contributed by atoms with Crippen molar-refractivity contribution in [2.45, 2.75) is 19.4 Å². The van der Waals surface area contributed by atoms with Crippen LogP contribution < -0.4 is 10.6 Å². The van der Waals surface area contributed by atoms with Crippen LogP contribution in [-0.2, 0) is 6.54 Å². The molecule has 0 aliphatic carbocycles. The number of likely N-dealkylation sites (tertiary alicyclic amines) is 1. The van der Waals surface area contributed by atoms with Gasteiger partial charge in [0.15, 0.2) is 11.5 Å². The van der Waals surface area contributed by atoms with Crippen molar-refractivity contribution >= 4 is 22.9 Å². The first-order chi connectivity index (χ1) is 22.6. The molecular weight excluding hydrogens is 574 g/mol. The van der Waals surface area contributed by atoms with Gasteiger partial charge in [0.2, 0.25) is 11.8 Å². The van der Waals surface area contributed by atoms with E-state index >= 15 is 0 Å². The SMILES string of the molecule is N#Cc1ncnc(N2CC3(CCN(Cc4ccc(-n5c(-c6cccnc6N)nc6ccc(-c7ccccc7)nc65)cc4)CC3)C2)n1. The van der Waals surface area contributed by atoms with Gasteiger partial charge in [0.05, 0.1) is 11.3 Å². The van der Waals surface area contributed by atoms with Crippen LogP contribution in [0.2, 0.25) is 0 Å². The fourth-order valence-electron chi connectivity index (χ4n) is 6.67. The van der Waals surface area contributed by atoms with Crippen molar-refractivity contribution in [1.82, 2.24) is 39.4 Å². The number of nitrogens with two attached hydrogens (primary N) is 1. The van der Waals surface area contributed by atoms with Crippen LogP contribution in [0.4, 0.5) is 11.8 Å². The van der Waals surface area contributed by atoms with Crippen LogP contribution in [0.15, 0.2) is 91.4 Å². The lowest BCUT2D eigenvalue weighted by molar-refractivity contribution is 0.0714. The van der Waals surface area contributed by atoms with E-state index in [0.29, 0.717) is 23.0 Å². The molecule has 11 nitrogen and oxygen atoms in total. The Labute approximate surface area is 266 Å². The average Bonchev–Trinajstić information content (AvgIpc) is 3.47. The number of rotatable bonds is 6. The molecule has 0 unspecified atom stereocenters. The zero-order valence-corrected chi connectivity index (χ0v) is 25.2. The van der Waals surface area contributed by atoms with E-state index in [1.165, 1.54) is 11.9 Å². The second kappa shape index (κ2) is 11.3. The maximum absolute atomic E-state index is 9.11. The van der Waals surface area contributed by atoms with Gasteiger partial charge >= 0.3 is 0 Å². The number of hydrogen-bond acceptors (Lipinski definition) is 10. The summed E-state index contributed by atoms with van der Waals surface area (Å²) in [6, 6.07) is 28.7. The molecular formula is C35H31N11. The first-order valence-electron chi connectivity index (χ1n) is 15.4. The van der Waals surface area contributed by atoms with E-state index in [-0.39, 0.29) is 5.82 Å². The molecule has 46 heavy (non-hydrogen) atoms. The van der Waals surface area contributed by atoms with Gasteiger partial charge in [-0.15, -0.1) is 0 Å². The molecule has 1 spiro atoms. The lowest BCUT2D eigenvalue weighted by Gasteiger charge is -2.54. The minimum atomic E-state index is 0.165. The van der Waals surface area contributed by atoms with E-state index in [1.54, 1.807) is 6.20 Å². The Morgan fingerprint density at radius 3 is 2.39 bits per heavy atom. The smallest absolute Gasteiger partial charge is 0.236 e. The standard InChI is InChI=1S/C35H31N11/c36-19-30-39-23-40-34(43-30)45-21-35(22-45)14-17-44(18-15-35)20-24-8-10-26(11-9-24)46-32(27-7-4-16-38-31(27)37)42-29-13-12-28(41-33(29)46)25-5-2-1-3-6-25/h1-13,16,23H,14-15,17-18,20-22H2,(H2,37,38). The van der Waals surface area contributed by atoms with Crippen molar-refractivity contribution in [3.05, 3.63) is 103 Å². The zero-order valence-electron chi connectivity index (χ0n) is 25.2. The lowest BCUT2D eigenvalue weighted by Crippen LogP contribution is -2.60. The molecule has 0 amide bonds. The van der Waals surface area contributed by atoms with Crippen LogP contribution in [0.25, 0.3) is 39.5 Å². The Kier molecular flexibility index (Phi) is 6.84. The fourth-order valence-corrected chi connectivity index (χ4v) is 6.67. The fraction of sp³-hybridized carbons (Fsp3) is 0.229. The third-order valence-corrected chi connectivity index (χ3v) is 9.17. The summed E-state index contributed by atoms with van der Waals surface area (Å²) in [5, 5.41) is 9.11. The van der Waals surface area contributed by atoms with Crippen molar-refractivity contribution < 1.29 is 0 Å². The highest BCUT2D eigenvalue weighted by molar-refractivity contribution is 5.84. The van der Waals surface area contributed by atoms with Crippen molar-refractivity contribution in [1.29, 1.82) is 5.26 Å². The molecule has 6 aromatic rings. The Balaban J connectivity index is 1.01. The molecule has 2 saturated heterocycles. The molecule has 4 aromatic heterocycles. The summed E-state index contributed by atoms with van der Waals surface area (Å²) in [6.07, 6.45) is 5.37. The molecule has 0 saturated carbocycles. The van der Waals surface area contributed by atoms with E-state index in [9.17, 15) is 0 Å². The van der Waals surface area contributed by atoms with Crippen LogP contribution in [0.5, 0.6) is 0 Å². The van der Waals surface area contributed by atoms with Gasteiger partial charge in [-0.1, -0.05) is 42.5 Å². The molecule has 2 N–H and O–H groups in total. The summed E-state index contributed by atoms with van der Waals surface area (Å²) in [5.74, 6) is 1.91. The van der Waals surface area contributed by atoms with E-state index in [4.69, 9.17) is 21.0 Å². The molecule has 0 radical (unpaired) electrons.